The normalized spacial score (nSPS) is 12.5. The second-order valence-corrected chi connectivity index (χ2v) is 5.75. The predicted octanol–water partition coefficient (Wildman–Crippen LogP) is 6.30. The van der Waals surface area contributed by atoms with E-state index in [9.17, 15) is 0 Å². The van der Waals surface area contributed by atoms with Gasteiger partial charge in [-0.3, -0.25) is 0 Å². The fourth-order valence-corrected chi connectivity index (χ4v) is 2.49. The van der Waals surface area contributed by atoms with Crippen LogP contribution in [0, 0.1) is 0 Å². The molecule has 1 unspecified atom stereocenters. The van der Waals surface area contributed by atoms with Crippen molar-refractivity contribution in [2.24, 2.45) is 0 Å². The summed E-state index contributed by atoms with van der Waals surface area (Å²) in [6.07, 6.45) is 12.5. The first-order chi connectivity index (χ1) is 9.84. The lowest BCUT2D eigenvalue weighted by Gasteiger charge is -2.13. The summed E-state index contributed by atoms with van der Waals surface area (Å²) in [5.41, 5.74) is 1.28. The van der Waals surface area contributed by atoms with Gasteiger partial charge in [0.15, 0.2) is 0 Å². The van der Waals surface area contributed by atoms with Gasteiger partial charge in [-0.2, -0.15) is 0 Å². The first kappa shape index (κ1) is 17.2. The molecule has 0 aromatic heterocycles. The second-order valence-electron chi connectivity index (χ2n) is 5.75. The number of unbranched alkanes of at least 4 members (excludes halogenated alkanes) is 8. The van der Waals surface area contributed by atoms with Crippen LogP contribution in [-0.2, 0) is 4.74 Å². The van der Waals surface area contributed by atoms with Crippen LogP contribution in [-0.4, -0.2) is 6.61 Å². The summed E-state index contributed by atoms with van der Waals surface area (Å²) in [6, 6.07) is 10.5. The highest BCUT2D eigenvalue weighted by Crippen LogP contribution is 2.16. The van der Waals surface area contributed by atoms with Crippen LogP contribution in [0.15, 0.2) is 30.3 Å². The highest BCUT2D eigenvalue weighted by molar-refractivity contribution is 5.16. The van der Waals surface area contributed by atoms with Crippen LogP contribution in [0.25, 0.3) is 0 Å². The number of benzene rings is 1. The molecule has 0 aliphatic rings. The molecule has 0 bridgehead atoms. The maximum Gasteiger partial charge on any atom is 0.0796 e. The van der Waals surface area contributed by atoms with E-state index in [1.54, 1.807) is 0 Å². The lowest BCUT2D eigenvalue weighted by molar-refractivity contribution is 0.0627. The molecule has 1 atom stereocenters. The third-order valence-electron chi connectivity index (χ3n) is 3.88. The Morgan fingerprint density at radius 1 is 0.800 bits per heavy atom. The van der Waals surface area contributed by atoms with Crippen molar-refractivity contribution in [3.8, 4) is 0 Å². The van der Waals surface area contributed by atoms with E-state index in [4.69, 9.17) is 4.74 Å². The molecule has 0 amide bonds. The van der Waals surface area contributed by atoms with Crippen molar-refractivity contribution in [1.82, 2.24) is 0 Å². The topological polar surface area (TPSA) is 9.23 Å². The fraction of sp³-hybridized carbons (Fsp3) is 0.684. The van der Waals surface area contributed by atoms with Gasteiger partial charge in [0.1, 0.15) is 0 Å². The Morgan fingerprint density at radius 3 is 1.95 bits per heavy atom. The van der Waals surface area contributed by atoms with Gasteiger partial charge in [-0.25, -0.2) is 0 Å². The molecule has 1 aromatic carbocycles. The fourth-order valence-electron chi connectivity index (χ4n) is 2.49. The van der Waals surface area contributed by atoms with E-state index < -0.39 is 0 Å². The highest BCUT2D eigenvalue weighted by atomic mass is 16.5. The Hall–Kier alpha value is -0.820. The summed E-state index contributed by atoms with van der Waals surface area (Å²) in [4.78, 5) is 0. The van der Waals surface area contributed by atoms with Crippen LogP contribution in [0.1, 0.15) is 83.3 Å². The Kier molecular flexibility index (Phi) is 10.3. The van der Waals surface area contributed by atoms with Crippen molar-refractivity contribution in [1.29, 1.82) is 0 Å². The largest absolute Gasteiger partial charge is 0.374 e. The summed E-state index contributed by atoms with van der Waals surface area (Å²) < 4.78 is 5.89. The summed E-state index contributed by atoms with van der Waals surface area (Å²) in [7, 11) is 0. The van der Waals surface area contributed by atoms with Gasteiger partial charge in [0.2, 0.25) is 0 Å². The molecule has 0 spiro atoms. The van der Waals surface area contributed by atoms with Gasteiger partial charge in [-0.05, 0) is 18.9 Å². The third-order valence-corrected chi connectivity index (χ3v) is 3.88. The van der Waals surface area contributed by atoms with E-state index in [0.29, 0.717) is 0 Å². The molecule has 0 aliphatic carbocycles. The molecule has 0 saturated carbocycles. The molecule has 1 heteroatoms. The third kappa shape index (κ3) is 8.37. The van der Waals surface area contributed by atoms with E-state index in [2.05, 4.69) is 44.2 Å². The summed E-state index contributed by atoms with van der Waals surface area (Å²) in [5, 5.41) is 0. The minimum atomic E-state index is 0.227. The van der Waals surface area contributed by atoms with Crippen LogP contribution in [0.5, 0.6) is 0 Å². The van der Waals surface area contributed by atoms with E-state index in [1.165, 1.54) is 63.4 Å². The van der Waals surface area contributed by atoms with Crippen LogP contribution in [0.3, 0.4) is 0 Å². The molecular formula is C19H32O. The summed E-state index contributed by atoms with van der Waals surface area (Å²) in [5.74, 6) is 0. The lowest BCUT2D eigenvalue weighted by atomic mass is 10.1. The van der Waals surface area contributed by atoms with Crippen molar-refractivity contribution in [2.45, 2.75) is 77.7 Å². The first-order valence-electron chi connectivity index (χ1n) is 8.51. The molecule has 0 N–H and O–H groups in total. The van der Waals surface area contributed by atoms with Gasteiger partial charge in [0.05, 0.1) is 6.10 Å². The zero-order valence-electron chi connectivity index (χ0n) is 13.4. The SMILES string of the molecule is CCCCCCCCCCCOC(C)c1ccccc1. The Morgan fingerprint density at radius 2 is 1.35 bits per heavy atom. The van der Waals surface area contributed by atoms with E-state index >= 15 is 0 Å². The van der Waals surface area contributed by atoms with E-state index in [-0.39, 0.29) is 6.10 Å². The molecule has 0 aliphatic heterocycles. The van der Waals surface area contributed by atoms with Gasteiger partial charge in [0, 0.05) is 6.61 Å². The smallest absolute Gasteiger partial charge is 0.0796 e. The van der Waals surface area contributed by atoms with Gasteiger partial charge in [0.25, 0.3) is 0 Å². The lowest BCUT2D eigenvalue weighted by Crippen LogP contribution is -2.01. The number of ether oxygens (including phenoxy) is 1. The Labute approximate surface area is 125 Å². The molecular weight excluding hydrogens is 244 g/mol. The Bertz CT molecular complexity index is 307. The molecule has 114 valence electrons. The molecule has 0 radical (unpaired) electrons. The second kappa shape index (κ2) is 12.0. The summed E-state index contributed by atoms with van der Waals surface area (Å²) in [6.45, 7) is 5.31. The molecule has 20 heavy (non-hydrogen) atoms. The zero-order chi connectivity index (χ0) is 14.5. The molecule has 0 fully saturated rings. The average molecular weight is 276 g/mol. The van der Waals surface area contributed by atoms with Crippen LogP contribution >= 0.6 is 0 Å². The van der Waals surface area contributed by atoms with Crippen molar-refractivity contribution in [2.75, 3.05) is 6.61 Å². The molecule has 1 aromatic rings. The molecule has 0 saturated heterocycles. The number of hydrogen-bond donors (Lipinski definition) is 0. The average Bonchev–Trinajstić information content (AvgIpc) is 2.50. The minimum Gasteiger partial charge on any atom is -0.374 e. The van der Waals surface area contributed by atoms with Gasteiger partial charge >= 0.3 is 0 Å². The quantitative estimate of drug-likeness (QED) is 0.407. The summed E-state index contributed by atoms with van der Waals surface area (Å²) >= 11 is 0. The van der Waals surface area contributed by atoms with Gasteiger partial charge < -0.3 is 4.74 Å². The first-order valence-corrected chi connectivity index (χ1v) is 8.51. The van der Waals surface area contributed by atoms with Gasteiger partial charge in [-0.1, -0.05) is 88.6 Å². The van der Waals surface area contributed by atoms with E-state index in [1.807, 2.05) is 0 Å². The molecule has 1 nitrogen and oxygen atoms in total. The zero-order valence-corrected chi connectivity index (χ0v) is 13.4. The van der Waals surface area contributed by atoms with Crippen LogP contribution in [0.2, 0.25) is 0 Å². The van der Waals surface area contributed by atoms with Crippen molar-refractivity contribution < 1.29 is 4.74 Å². The predicted molar refractivity (Wildman–Crippen MR) is 88.0 cm³/mol. The van der Waals surface area contributed by atoms with Crippen LogP contribution in [0.4, 0.5) is 0 Å². The van der Waals surface area contributed by atoms with Crippen molar-refractivity contribution >= 4 is 0 Å². The van der Waals surface area contributed by atoms with Gasteiger partial charge in [-0.15, -0.1) is 0 Å². The highest BCUT2D eigenvalue weighted by Gasteiger charge is 2.03. The molecule has 0 heterocycles. The van der Waals surface area contributed by atoms with Crippen molar-refractivity contribution in [3.63, 3.8) is 0 Å². The van der Waals surface area contributed by atoms with E-state index in [0.717, 1.165) is 6.61 Å². The minimum absolute atomic E-state index is 0.227. The van der Waals surface area contributed by atoms with Crippen molar-refractivity contribution in [3.05, 3.63) is 35.9 Å². The number of rotatable bonds is 12. The Balaban J connectivity index is 1.90. The maximum atomic E-state index is 5.89. The number of hydrogen-bond acceptors (Lipinski definition) is 1. The maximum absolute atomic E-state index is 5.89. The standard InChI is InChI=1S/C19H32O/c1-3-4-5-6-7-8-9-10-14-17-20-18(2)19-15-12-11-13-16-19/h11-13,15-16,18H,3-10,14,17H2,1-2H3. The van der Waals surface area contributed by atoms with Crippen LogP contribution < -0.4 is 0 Å². The molecule has 1 rings (SSSR count). The monoisotopic (exact) mass is 276 g/mol.